The van der Waals surface area contributed by atoms with Crippen molar-refractivity contribution in [2.45, 2.75) is 38.3 Å². The van der Waals surface area contributed by atoms with Gasteiger partial charge in [0.25, 0.3) is 0 Å². The zero-order valence-corrected chi connectivity index (χ0v) is 13.2. The first-order chi connectivity index (χ1) is 9.99. The maximum absolute atomic E-state index is 12.0. The smallest absolute Gasteiger partial charge is 0.329 e. The van der Waals surface area contributed by atoms with Crippen molar-refractivity contribution in [1.29, 1.82) is 0 Å². The lowest BCUT2D eigenvalue weighted by Crippen LogP contribution is -2.57. The normalized spacial score (nSPS) is 26.2. The molecule has 1 aromatic rings. The third kappa shape index (κ3) is 3.27. The van der Waals surface area contributed by atoms with Crippen LogP contribution in [0.1, 0.15) is 32.3 Å². The summed E-state index contributed by atoms with van der Waals surface area (Å²) in [4.78, 5) is 14.3. The molecule has 1 aliphatic heterocycles. The van der Waals surface area contributed by atoms with Crippen molar-refractivity contribution in [2.24, 2.45) is 5.92 Å². The predicted octanol–water partition coefficient (Wildman–Crippen LogP) is 2.31. The van der Waals surface area contributed by atoms with Gasteiger partial charge in [0.15, 0.2) is 5.54 Å². The second-order valence-corrected chi connectivity index (χ2v) is 6.28. The number of likely N-dealkylation sites (tertiary alicyclic amines) is 1. The van der Waals surface area contributed by atoms with Gasteiger partial charge in [-0.25, -0.2) is 4.79 Å². The van der Waals surface area contributed by atoms with Crippen LogP contribution in [0.2, 0.25) is 0 Å². The summed E-state index contributed by atoms with van der Waals surface area (Å²) >= 11 is 0. The molecule has 0 radical (unpaired) electrons. The van der Waals surface area contributed by atoms with E-state index in [-0.39, 0.29) is 0 Å². The highest BCUT2D eigenvalue weighted by Crippen LogP contribution is 2.28. The summed E-state index contributed by atoms with van der Waals surface area (Å²) in [7, 11) is 1.73. The van der Waals surface area contributed by atoms with Crippen molar-refractivity contribution in [3.8, 4) is 0 Å². The van der Waals surface area contributed by atoms with Crippen molar-refractivity contribution in [3.63, 3.8) is 0 Å². The first kappa shape index (κ1) is 16.0. The van der Waals surface area contributed by atoms with Gasteiger partial charge in [0.1, 0.15) is 0 Å². The molecule has 21 heavy (non-hydrogen) atoms. The van der Waals surface area contributed by atoms with E-state index in [2.05, 4.69) is 24.1 Å². The molecule has 0 bridgehead atoms. The molecule has 0 aliphatic carbocycles. The summed E-state index contributed by atoms with van der Waals surface area (Å²) in [5.41, 5.74) is -0.235. The van der Waals surface area contributed by atoms with Gasteiger partial charge in [0, 0.05) is 12.6 Å². The van der Waals surface area contributed by atoms with Crippen LogP contribution in [0, 0.1) is 5.92 Å². The molecule has 116 valence electrons. The fraction of sp³-hybridized carbons (Fsp3) is 0.588. The molecule has 0 saturated carbocycles. The lowest BCUT2D eigenvalue weighted by molar-refractivity contribution is -0.146. The third-order valence-corrected chi connectivity index (χ3v) is 4.77. The Morgan fingerprint density at radius 1 is 1.38 bits per heavy atom. The van der Waals surface area contributed by atoms with E-state index in [1.54, 1.807) is 7.05 Å². The Labute approximate surface area is 127 Å². The fourth-order valence-corrected chi connectivity index (χ4v) is 3.33. The van der Waals surface area contributed by atoms with E-state index in [0.29, 0.717) is 12.6 Å². The summed E-state index contributed by atoms with van der Waals surface area (Å²) in [6.07, 6.45) is 2.27. The average Bonchev–Trinajstić information content (AvgIpc) is 2.47. The third-order valence-electron chi connectivity index (χ3n) is 4.77. The van der Waals surface area contributed by atoms with E-state index in [1.165, 1.54) is 0 Å². The summed E-state index contributed by atoms with van der Waals surface area (Å²) in [5, 5.41) is 12.9. The van der Waals surface area contributed by atoms with Crippen molar-refractivity contribution < 1.29 is 9.90 Å². The molecule has 2 rings (SSSR count). The molecule has 0 aromatic heterocycles. The van der Waals surface area contributed by atoms with Crippen molar-refractivity contribution in [1.82, 2.24) is 10.2 Å². The van der Waals surface area contributed by atoms with Gasteiger partial charge in [-0.2, -0.15) is 0 Å². The molecule has 3 atom stereocenters. The van der Waals surface area contributed by atoms with Crippen LogP contribution in [0.25, 0.3) is 0 Å². The Balaban J connectivity index is 2.27. The van der Waals surface area contributed by atoms with Gasteiger partial charge in [-0.1, -0.05) is 37.3 Å². The Morgan fingerprint density at radius 2 is 2.05 bits per heavy atom. The lowest BCUT2D eigenvalue weighted by atomic mass is 9.86. The molecule has 1 heterocycles. The number of hydrogen-bond acceptors (Lipinski definition) is 3. The topological polar surface area (TPSA) is 52.6 Å². The minimum atomic E-state index is -1.05. The number of nitrogens with zero attached hydrogens (tertiary/aromatic N) is 1. The SMILES string of the molecule is CNC(CN1CCC(C)CC1C)(C(=O)O)c1ccccc1. The van der Waals surface area contributed by atoms with Gasteiger partial charge in [-0.3, -0.25) is 4.90 Å². The van der Waals surface area contributed by atoms with E-state index in [9.17, 15) is 9.90 Å². The highest BCUT2D eigenvalue weighted by atomic mass is 16.4. The number of piperidine rings is 1. The quantitative estimate of drug-likeness (QED) is 0.874. The van der Waals surface area contributed by atoms with E-state index in [4.69, 9.17) is 0 Å². The second-order valence-electron chi connectivity index (χ2n) is 6.28. The highest BCUT2D eigenvalue weighted by Gasteiger charge is 2.42. The monoisotopic (exact) mass is 290 g/mol. The maximum Gasteiger partial charge on any atom is 0.329 e. The molecule has 0 spiro atoms. The maximum atomic E-state index is 12.0. The van der Waals surface area contributed by atoms with E-state index >= 15 is 0 Å². The molecule has 2 N–H and O–H groups in total. The molecule has 4 heteroatoms. The Morgan fingerprint density at radius 3 is 2.57 bits per heavy atom. The zero-order valence-electron chi connectivity index (χ0n) is 13.2. The highest BCUT2D eigenvalue weighted by molar-refractivity contribution is 5.81. The number of carboxylic acids is 1. The molecular weight excluding hydrogens is 264 g/mol. The molecule has 3 unspecified atom stereocenters. The molecule has 1 aromatic carbocycles. The molecule has 4 nitrogen and oxygen atoms in total. The number of aliphatic carboxylic acids is 1. The van der Waals surface area contributed by atoms with Crippen LogP contribution in [-0.4, -0.2) is 42.2 Å². The second kappa shape index (κ2) is 6.58. The number of likely N-dealkylation sites (N-methyl/N-ethyl adjacent to an activating group) is 1. The van der Waals surface area contributed by atoms with E-state index in [1.807, 2.05) is 30.3 Å². The summed E-state index contributed by atoms with van der Waals surface area (Å²) < 4.78 is 0. The van der Waals surface area contributed by atoms with Gasteiger partial charge < -0.3 is 10.4 Å². The average molecular weight is 290 g/mol. The van der Waals surface area contributed by atoms with Gasteiger partial charge in [-0.05, 0) is 44.8 Å². The van der Waals surface area contributed by atoms with Crippen molar-refractivity contribution in [3.05, 3.63) is 35.9 Å². The molecule has 0 amide bonds. The molecule has 1 aliphatic rings. The summed E-state index contributed by atoms with van der Waals surface area (Å²) in [5.74, 6) is -0.0937. The Hall–Kier alpha value is -1.39. The van der Waals surface area contributed by atoms with Gasteiger partial charge in [-0.15, -0.1) is 0 Å². The molecule has 1 saturated heterocycles. The van der Waals surface area contributed by atoms with Gasteiger partial charge >= 0.3 is 5.97 Å². The number of nitrogens with one attached hydrogen (secondary N) is 1. The van der Waals surface area contributed by atoms with E-state index in [0.717, 1.165) is 30.9 Å². The molecule has 1 fully saturated rings. The standard InChI is InChI=1S/C17H26N2O2/c1-13-9-10-19(14(2)11-13)12-17(18-3,16(20)21)15-7-5-4-6-8-15/h4-8,13-14,18H,9-12H2,1-3H3,(H,20,21). The molecular formula is C17H26N2O2. The predicted molar refractivity (Wildman–Crippen MR) is 84.2 cm³/mol. The Kier molecular flexibility index (Phi) is 5.01. The lowest BCUT2D eigenvalue weighted by Gasteiger charge is -2.42. The van der Waals surface area contributed by atoms with E-state index < -0.39 is 11.5 Å². The van der Waals surface area contributed by atoms with Crippen LogP contribution in [-0.2, 0) is 10.3 Å². The first-order valence-corrected chi connectivity index (χ1v) is 7.71. The minimum Gasteiger partial charge on any atom is -0.480 e. The van der Waals surface area contributed by atoms with Crippen LogP contribution in [0.3, 0.4) is 0 Å². The van der Waals surface area contributed by atoms with Crippen LogP contribution in [0.5, 0.6) is 0 Å². The summed E-state index contributed by atoms with van der Waals surface area (Å²) in [6.45, 7) is 5.93. The van der Waals surface area contributed by atoms with Crippen LogP contribution in [0.4, 0.5) is 0 Å². The van der Waals surface area contributed by atoms with Crippen molar-refractivity contribution >= 4 is 5.97 Å². The number of carboxylic acid groups (broad SMARTS) is 1. The van der Waals surface area contributed by atoms with Gasteiger partial charge in [0.05, 0.1) is 0 Å². The minimum absolute atomic E-state index is 0.421. The number of rotatable bonds is 5. The van der Waals surface area contributed by atoms with Crippen molar-refractivity contribution in [2.75, 3.05) is 20.1 Å². The van der Waals surface area contributed by atoms with Crippen LogP contribution in [0.15, 0.2) is 30.3 Å². The van der Waals surface area contributed by atoms with Gasteiger partial charge in [0.2, 0.25) is 0 Å². The largest absolute Gasteiger partial charge is 0.480 e. The number of carbonyl (C=O) groups is 1. The first-order valence-electron chi connectivity index (χ1n) is 7.71. The fourth-order valence-electron chi connectivity index (χ4n) is 3.33. The summed E-state index contributed by atoms with van der Waals surface area (Å²) in [6, 6.07) is 9.91. The number of benzene rings is 1. The number of hydrogen-bond donors (Lipinski definition) is 2. The zero-order chi connectivity index (χ0) is 15.5. The Bertz CT molecular complexity index is 477. The van der Waals surface area contributed by atoms with Crippen LogP contribution >= 0.6 is 0 Å². The van der Waals surface area contributed by atoms with Crippen LogP contribution < -0.4 is 5.32 Å².